The molecule has 0 atom stereocenters. The summed E-state index contributed by atoms with van der Waals surface area (Å²) in [5, 5.41) is 0. The van der Waals surface area contributed by atoms with Gasteiger partial charge in [-0.25, -0.2) is 4.39 Å². The van der Waals surface area contributed by atoms with Gasteiger partial charge in [-0.1, -0.05) is 62.3 Å². The van der Waals surface area contributed by atoms with Gasteiger partial charge < -0.3 is 0 Å². The molecule has 1 amide bonds. The van der Waals surface area contributed by atoms with Crippen molar-refractivity contribution in [2.24, 2.45) is 0 Å². The third-order valence-corrected chi connectivity index (χ3v) is 4.65. The van der Waals surface area contributed by atoms with E-state index in [0.717, 1.165) is 18.4 Å². The van der Waals surface area contributed by atoms with Crippen molar-refractivity contribution >= 4 is 40.3 Å². The molecular formula is C16H18FNOS2. The first-order valence-electron chi connectivity index (χ1n) is 7.12. The second-order valence-corrected chi connectivity index (χ2v) is 6.62. The largest absolute Gasteiger partial charge is 0.293 e. The number of halogens is 1. The van der Waals surface area contributed by atoms with Crippen molar-refractivity contribution in [2.45, 2.75) is 32.6 Å². The van der Waals surface area contributed by atoms with Crippen LogP contribution in [0.25, 0.3) is 6.08 Å². The molecule has 0 spiro atoms. The van der Waals surface area contributed by atoms with Gasteiger partial charge in [0.05, 0.1) is 4.91 Å². The summed E-state index contributed by atoms with van der Waals surface area (Å²) in [4.78, 5) is 14.6. The van der Waals surface area contributed by atoms with Gasteiger partial charge in [-0.05, 0) is 30.2 Å². The molecule has 0 bridgehead atoms. The Balaban J connectivity index is 2.01. The van der Waals surface area contributed by atoms with Gasteiger partial charge in [-0.3, -0.25) is 9.69 Å². The fourth-order valence-electron chi connectivity index (χ4n) is 2.10. The average molecular weight is 323 g/mol. The van der Waals surface area contributed by atoms with Crippen molar-refractivity contribution in [3.63, 3.8) is 0 Å². The van der Waals surface area contributed by atoms with Crippen LogP contribution in [0.4, 0.5) is 4.39 Å². The molecule has 0 saturated carbocycles. The monoisotopic (exact) mass is 323 g/mol. The van der Waals surface area contributed by atoms with Crippen LogP contribution >= 0.6 is 24.0 Å². The van der Waals surface area contributed by atoms with E-state index in [1.807, 2.05) is 0 Å². The van der Waals surface area contributed by atoms with E-state index in [1.165, 1.54) is 36.7 Å². The Hall–Kier alpha value is -1.20. The summed E-state index contributed by atoms with van der Waals surface area (Å²) in [7, 11) is 0. The molecule has 1 heterocycles. The van der Waals surface area contributed by atoms with Crippen molar-refractivity contribution in [2.75, 3.05) is 6.54 Å². The Morgan fingerprint density at radius 3 is 2.62 bits per heavy atom. The summed E-state index contributed by atoms with van der Waals surface area (Å²) >= 11 is 6.60. The van der Waals surface area contributed by atoms with Crippen LogP contribution in [0.1, 0.15) is 38.2 Å². The quantitative estimate of drug-likeness (QED) is 0.433. The predicted molar refractivity (Wildman–Crippen MR) is 90.4 cm³/mol. The summed E-state index contributed by atoms with van der Waals surface area (Å²) in [5.74, 6) is -0.318. The first kappa shape index (κ1) is 16.2. The van der Waals surface area contributed by atoms with Crippen LogP contribution in [-0.4, -0.2) is 21.7 Å². The highest BCUT2D eigenvalue weighted by Gasteiger charge is 2.31. The number of rotatable bonds is 6. The number of thiocarbonyl (C=S) groups is 1. The lowest BCUT2D eigenvalue weighted by molar-refractivity contribution is -0.122. The predicted octanol–water partition coefficient (Wildman–Crippen LogP) is 4.61. The van der Waals surface area contributed by atoms with E-state index in [-0.39, 0.29) is 11.7 Å². The number of hydrogen-bond donors (Lipinski definition) is 0. The standard InChI is InChI=1S/C16H18FNOS2/c1-2-3-4-5-10-18-15(19)14(21-16(18)20)11-12-6-8-13(17)9-7-12/h6-9,11H,2-5,10H2,1H3/b14-11-. The number of benzene rings is 1. The second-order valence-electron chi connectivity index (χ2n) is 4.95. The number of carbonyl (C=O) groups is 1. The minimum atomic E-state index is -0.282. The van der Waals surface area contributed by atoms with Gasteiger partial charge in [-0.15, -0.1) is 0 Å². The van der Waals surface area contributed by atoms with E-state index in [1.54, 1.807) is 23.1 Å². The van der Waals surface area contributed by atoms with Crippen molar-refractivity contribution in [3.05, 3.63) is 40.6 Å². The van der Waals surface area contributed by atoms with E-state index in [9.17, 15) is 9.18 Å². The van der Waals surface area contributed by atoms with Crippen molar-refractivity contribution < 1.29 is 9.18 Å². The molecule has 5 heteroatoms. The number of carbonyl (C=O) groups excluding carboxylic acids is 1. The van der Waals surface area contributed by atoms with E-state index < -0.39 is 0 Å². The molecular weight excluding hydrogens is 305 g/mol. The lowest BCUT2D eigenvalue weighted by atomic mass is 10.2. The van der Waals surface area contributed by atoms with E-state index in [4.69, 9.17) is 12.2 Å². The Kier molecular flexibility index (Phi) is 5.94. The van der Waals surface area contributed by atoms with Gasteiger partial charge in [0.2, 0.25) is 0 Å². The Bertz CT molecular complexity index is 554. The zero-order valence-electron chi connectivity index (χ0n) is 12.0. The summed E-state index contributed by atoms with van der Waals surface area (Å²) in [6.45, 7) is 2.84. The fourth-order valence-corrected chi connectivity index (χ4v) is 3.41. The minimum Gasteiger partial charge on any atom is -0.293 e. The van der Waals surface area contributed by atoms with E-state index in [2.05, 4.69) is 6.92 Å². The fraction of sp³-hybridized carbons (Fsp3) is 0.375. The first-order valence-corrected chi connectivity index (χ1v) is 8.35. The molecule has 1 fully saturated rings. The lowest BCUT2D eigenvalue weighted by Gasteiger charge is -2.13. The molecule has 1 aromatic carbocycles. The van der Waals surface area contributed by atoms with Gasteiger partial charge in [0.1, 0.15) is 10.1 Å². The van der Waals surface area contributed by atoms with E-state index in [0.29, 0.717) is 15.8 Å². The molecule has 112 valence electrons. The minimum absolute atomic E-state index is 0.0363. The smallest absolute Gasteiger partial charge is 0.266 e. The van der Waals surface area contributed by atoms with Crippen LogP contribution in [0.3, 0.4) is 0 Å². The molecule has 0 radical (unpaired) electrons. The summed E-state index contributed by atoms with van der Waals surface area (Å²) in [5.41, 5.74) is 0.808. The maximum atomic E-state index is 12.9. The third kappa shape index (κ3) is 4.38. The molecule has 0 aromatic heterocycles. The number of amides is 1. The first-order chi connectivity index (χ1) is 10.1. The zero-order valence-corrected chi connectivity index (χ0v) is 13.6. The third-order valence-electron chi connectivity index (χ3n) is 3.28. The van der Waals surface area contributed by atoms with Crippen LogP contribution < -0.4 is 0 Å². The zero-order chi connectivity index (χ0) is 15.2. The SMILES string of the molecule is CCCCCCN1C(=O)/C(=C/c2ccc(F)cc2)SC1=S. The average Bonchev–Trinajstić information content (AvgIpc) is 2.73. The summed E-state index contributed by atoms with van der Waals surface area (Å²) in [6, 6.07) is 6.08. The molecule has 0 aliphatic carbocycles. The molecule has 0 unspecified atom stereocenters. The van der Waals surface area contributed by atoms with Gasteiger partial charge in [0, 0.05) is 6.54 Å². The summed E-state index contributed by atoms with van der Waals surface area (Å²) < 4.78 is 13.5. The van der Waals surface area contributed by atoms with Crippen LogP contribution in [0, 0.1) is 5.82 Å². The topological polar surface area (TPSA) is 20.3 Å². The Morgan fingerprint density at radius 2 is 1.95 bits per heavy atom. The van der Waals surface area contributed by atoms with Crippen molar-refractivity contribution in [1.29, 1.82) is 0 Å². The number of nitrogens with zero attached hydrogens (tertiary/aromatic N) is 1. The molecule has 1 saturated heterocycles. The highest BCUT2D eigenvalue weighted by atomic mass is 32.2. The Morgan fingerprint density at radius 1 is 1.24 bits per heavy atom. The number of unbranched alkanes of at least 4 members (excludes halogenated alkanes) is 3. The van der Waals surface area contributed by atoms with Gasteiger partial charge in [0.15, 0.2) is 0 Å². The molecule has 1 aromatic rings. The lowest BCUT2D eigenvalue weighted by Crippen LogP contribution is -2.28. The molecule has 1 aliphatic rings. The normalized spacial score (nSPS) is 17.0. The van der Waals surface area contributed by atoms with Gasteiger partial charge in [-0.2, -0.15) is 0 Å². The molecule has 1 aliphatic heterocycles. The van der Waals surface area contributed by atoms with Crippen molar-refractivity contribution in [3.8, 4) is 0 Å². The maximum Gasteiger partial charge on any atom is 0.266 e. The maximum absolute atomic E-state index is 12.9. The molecule has 0 N–H and O–H groups in total. The molecule has 2 rings (SSSR count). The van der Waals surface area contributed by atoms with Crippen LogP contribution in [0.2, 0.25) is 0 Å². The van der Waals surface area contributed by atoms with Crippen LogP contribution in [0.15, 0.2) is 29.2 Å². The summed E-state index contributed by atoms with van der Waals surface area (Å²) in [6.07, 6.45) is 6.21. The second kappa shape index (κ2) is 7.71. The van der Waals surface area contributed by atoms with Gasteiger partial charge in [0.25, 0.3) is 5.91 Å². The highest BCUT2D eigenvalue weighted by Crippen LogP contribution is 2.32. The van der Waals surface area contributed by atoms with E-state index >= 15 is 0 Å². The Labute approximate surface area is 134 Å². The highest BCUT2D eigenvalue weighted by molar-refractivity contribution is 8.26. The molecule has 21 heavy (non-hydrogen) atoms. The number of hydrogen-bond acceptors (Lipinski definition) is 3. The van der Waals surface area contributed by atoms with Crippen LogP contribution in [-0.2, 0) is 4.79 Å². The van der Waals surface area contributed by atoms with Crippen molar-refractivity contribution in [1.82, 2.24) is 4.90 Å². The molecule has 2 nitrogen and oxygen atoms in total. The number of thioether (sulfide) groups is 1. The van der Waals surface area contributed by atoms with Gasteiger partial charge >= 0.3 is 0 Å². The van der Waals surface area contributed by atoms with Crippen LogP contribution in [0.5, 0.6) is 0 Å².